The maximum absolute atomic E-state index is 11.4. The summed E-state index contributed by atoms with van der Waals surface area (Å²) in [7, 11) is -3.54. The maximum atomic E-state index is 11.4. The van der Waals surface area contributed by atoms with Gasteiger partial charge in [0, 0.05) is 18.4 Å². The van der Waals surface area contributed by atoms with Crippen molar-refractivity contribution >= 4 is 10.0 Å². The van der Waals surface area contributed by atoms with Gasteiger partial charge in [0.15, 0.2) is 0 Å². The summed E-state index contributed by atoms with van der Waals surface area (Å²) >= 11 is 0. The summed E-state index contributed by atoms with van der Waals surface area (Å²) in [6.45, 7) is 3.30. The molecule has 0 amide bonds. The monoisotopic (exact) mass is 215 g/mol. The molecule has 0 aliphatic rings. The largest absolute Gasteiger partial charge is 0.395 e. The number of aliphatic hydroxyl groups is 1. The first-order chi connectivity index (χ1) is 6.56. The molecular weight excluding hydrogens is 204 g/mol. The van der Waals surface area contributed by atoms with Crippen molar-refractivity contribution in [1.82, 2.24) is 9.71 Å². The van der Waals surface area contributed by atoms with Crippen molar-refractivity contribution in [3.05, 3.63) is 30.9 Å². The van der Waals surface area contributed by atoms with Gasteiger partial charge in [-0.3, -0.25) is 4.98 Å². The van der Waals surface area contributed by atoms with Crippen LogP contribution in [0.4, 0.5) is 0 Å². The molecule has 0 unspecified atom stereocenters. The minimum absolute atomic E-state index is 0.00550. The van der Waals surface area contributed by atoms with Crippen LogP contribution in [-0.4, -0.2) is 31.7 Å². The molecule has 77 valence electrons. The highest BCUT2D eigenvalue weighted by Gasteiger charge is 2.12. The third-order valence-electron chi connectivity index (χ3n) is 1.51. The number of aliphatic hydroxyl groups excluding tert-OH is 1. The Morgan fingerprint density at radius 3 is 2.71 bits per heavy atom. The number of aromatic nitrogens is 1. The van der Waals surface area contributed by atoms with E-state index in [-0.39, 0.29) is 18.0 Å². The fourth-order valence-corrected chi connectivity index (χ4v) is 1.80. The van der Waals surface area contributed by atoms with Gasteiger partial charge in [0.25, 0.3) is 0 Å². The van der Waals surface area contributed by atoms with Crippen molar-refractivity contribution in [2.45, 2.75) is 4.90 Å². The van der Waals surface area contributed by atoms with E-state index in [9.17, 15) is 8.42 Å². The average Bonchev–Trinajstić information content (AvgIpc) is 2.16. The number of nitrogens with one attached hydrogen (secondary N) is 1. The number of nitrogens with zero attached hydrogens (tertiary/aromatic N) is 1. The van der Waals surface area contributed by atoms with E-state index in [1.807, 2.05) is 0 Å². The smallest absolute Gasteiger partial charge is 0.242 e. The van der Waals surface area contributed by atoms with Gasteiger partial charge in [-0.25, -0.2) is 13.1 Å². The van der Waals surface area contributed by atoms with Crippen LogP contribution in [0.2, 0.25) is 0 Å². The van der Waals surface area contributed by atoms with Crippen molar-refractivity contribution in [3.63, 3.8) is 0 Å². The molecule has 0 aliphatic heterocycles. The second kappa shape index (κ2) is 4.50. The van der Waals surface area contributed by atoms with E-state index in [0.29, 0.717) is 5.69 Å². The van der Waals surface area contributed by atoms with E-state index >= 15 is 0 Å². The maximum Gasteiger partial charge on any atom is 0.242 e. The number of hydrogen-bond acceptors (Lipinski definition) is 4. The van der Waals surface area contributed by atoms with Crippen LogP contribution in [0, 0.1) is 6.92 Å². The van der Waals surface area contributed by atoms with E-state index in [1.165, 1.54) is 18.3 Å². The van der Waals surface area contributed by atoms with Crippen LogP contribution >= 0.6 is 0 Å². The van der Waals surface area contributed by atoms with Gasteiger partial charge in [0.2, 0.25) is 10.0 Å². The highest BCUT2D eigenvalue weighted by molar-refractivity contribution is 7.89. The van der Waals surface area contributed by atoms with Crippen molar-refractivity contribution < 1.29 is 13.5 Å². The Bertz CT molecular complexity index is 386. The number of pyridine rings is 1. The fraction of sp³-hybridized carbons (Fsp3) is 0.250. The third kappa shape index (κ3) is 2.76. The van der Waals surface area contributed by atoms with Gasteiger partial charge in [-0.15, -0.1) is 0 Å². The fourth-order valence-electron chi connectivity index (χ4n) is 0.833. The van der Waals surface area contributed by atoms with E-state index in [2.05, 4.69) is 16.6 Å². The molecule has 0 aliphatic carbocycles. The molecule has 0 spiro atoms. The summed E-state index contributed by atoms with van der Waals surface area (Å²) < 4.78 is 25.0. The lowest BCUT2D eigenvalue weighted by Crippen LogP contribution is -2.26. The molecule has 0 bridgehead atoms. The molecule has 1 rings (SSSR count). The van der Waals surface area contributed by atoms with Crippen LogP contribution in [-0.2, 0) is 10.0 Å². The van der Waals surface area contributed by atoms with Crippen LogP contribution in [0.1, 0.15) is 5.69 Å². The Hall–Kier alpha value is -0.980. The second-order valence-corrected chi connectivity index (χ2v) is 4.37. The topological polar surface area (TPSA) is 79.3 Å². The van der Waals surface area contributed by atoms with Gasteiger partial charge < -0.3 is 5.11 Å². The van der Waals surface area contributed by atoms with Crippen molar-refractivity contribution in [1.29, 1.82) is 0 Å². The predicted octanol–water partition coefficient (Wildman–Crippen LogP) is -0.466. The highest BCUT2D eigenvalue weighted by Crippen LogP contribution is 2.06. The molecule has 6 heteroatoms. The van der Waals surface area contributed by atoms with Gasteiger partial charge in [-0.05, 0) is 19.1 Å². The van der Waals surface area contributed by atoms with Crippen LogP contribution in [0.5, 0.6) is 0 Å². The lowest BCUT2D eigenvalue weighted by Gasteiger charge is -2.04. The Labute approximate surface area is 82.9 Å². The van der Waals surface area contributed by atoms with Gasteiger partial charge >= 0.3 is 0 Å². The quantitative estimate of drug-likeness (QED) is 0.712. The molecule has 0 saturated carbocycles. The zero-order chi connectivity index (χ0) is 10.6. The molecule has 5 nitrogen and oxygen atoms in total. The van der Waals surface area contributed by atoms with Gasteiger partial charge in [-0.2, -0.15) is 0 Å². The Balaban J connectivity index is 2.87. The molecular formula is C8H11N2O3S. The number of rotatable bonds is 4. The first kappa shape index (κ1) is 11.1. The highest BCUT2D eigenvalue weighted by atomic mass is 32.2. The minimum atomic E-state index is -3.54. The zero-order valence-corrected chi connectivity index (χ0v) is 8.29. The van der Waals surface area contributed by atoms with Crippen molar-refractivity contribution in [2.75, 3.05) is 13.2 Å². The molecule has 1 aromatic rings. The Kier molecular flexibility index (Phi) is 3.56. The molecule has 0 fully saturated rings. The first-order valence-electron chi connectivity index (χ1n) is 3.95. The molecule has 2 N–H and O–H groups in total. The molecule has 14 heavy (non-hydrogen) atoms. The summed E-state index contributed by atoms with van der Waals surface area (Å²) in [5.41, 5.74) is 0.506. The van der Waals surface area contributed by atoms with E-state index in [0.717, 1.165) is 0 Å². The summed E-state index contributed by atoms with van der Waals surface area (Å²) in [4.78, 5) is 3.83. The van der Waals surface area contributed by atoms with Gasteiger partial charge in [0.1, 0.15) is 4.90 Å². The van der Waals surface area contributed by atoms with Crippen LogP contribution in [0.3, 0.4) is 0 Å². The molecule has 1 radical (unpaired) electrons. The first-order valence-corrected chi connectivity index (χ1v) is 5.43. The molecule has 0 aromatic carbocycles. The van der Waals surface area contributed by atoms with Crippen LogP contribution in [0.25, 0.3) is 0 Å². The Morgan fingerprint density at radius 1 is 1.50 bits per heavy atom. The Morgan fingerprint density at radius 2 is 2.21 bits per heavy atom. The SMILES string of the molecule is [CH2]c1ccc(S(=O)(=O)NCCO)cn1. The number of hydrogen-bond donors (Lipinski definition) is 2. The van der Waals surface area contributed by atoms with Crippen LogP contribution in [0.15, 0.2) is 23.2 Å². The lowest BCUT2D eigenvalue weighted by molar-refractivity contribution is 0.301. The van der Waals surface area contributed by atoms with E-state index in [4.69, 9.17) is 5.11 Å². The third-order valence-corrected chi connectivity index (χ3v) is 2.96. The van der Waals surface area contributed by atoms with Gasteiger partial charge in [0.05, 0.1) is 6.61 Å². The summed E-state index contributed by atoms with van der Waals surface area (Å²) in [5.74, 6) is 0. The van der Waals surface area contributed by atoms with Crippen LogP contribution < -0.4 is 4.72 Å². The standard InChI is InChI=1S/C8H11N2O3S/c1-7-2-3-8(6-9-7)14(12,13)10-4-5-11/h2-3,6,10-11H,1,4-5H2. The van der Waals surface area contributed by atoms with Crippen molar-refractivity contribution in [3.8, 4) is 0 Å². The second-order valence-electron chi connectivity index (χ2n) is 2.61. The van der Waals surface area contributed by atoms with Gasteiger partial charge in [-0.1, -0.05) is 0 Å². The number of sulfonamides is 1. The zero-order valence-electron chi connectivity index (χ0n) is 7.47. The summed E-state index contributed by atoms with van der Waals surface area (Å²) in [5, 5.41) is 8.47. The molecule has 1 aromatic heterocycles. The normalized spacial score (nSPS) is 11.6. The molecule has 1 heterocycles. The summed E-state index contributed by atoms with van der Waals surface area (Å²) in [6.07, 6.45) is 1.22. The molecule has 0 atom stereocenters. The van der Waals surface area contributed by atoms with E-state index < -0.39 is 10.0 Å². The average molecular weight is 215 g/mol. The predicted molar refractivity (Wildman–Crippen MR) is 51.0 cm³/mol. The lowest BCUT2D eigenvalue weighted by atomic mass is 10.4. The minimum Gasteiger partial charge on any atom is -0.395 e. The van der Waals surface area contributed by atoms with Crippen molar-refractivity contribution in [2.24, 2.45) is 0 Å². The summed E-state index contributed by atoms with van der Waals surface area (Å²) in [6, 6.07) is 2.92. The molecule has 0 saturated heterocycles. The van der Waals surface area contributed by atoms with E-state index in [1.54, 1.807) is 0 Å².